The molecule has 0 amide bonds. The van der Waals surface area contributed by atoms with Gasteiger partial charge in [-0.1, -0.05) is 0 Å². The third kappa shape index (κ3) is 1.16. The number of carbonyl (C=O) groups is 3. The second kappa shape index (κ2) is 3.40. The maximum absolute atomic E-state index is 12.4. The molecule has 0 radical (unpaired) electrons. The third-order valence-electron chi connectivity index (χ3n) is 4.80. The van der Waals surface area contributed by atoms with E-state index in [-0.39, 0.29) is 42.3 Å². The molecular weight excluding hydrogens is 220 g/mol. The van der Waals surface area contributed by atoms with Crippen LogP contribution in [0.3, 0.4) is 0 Å². The van der Waals surface area contributed by atoms with Gasteiger partial charge in [0.05, 0.1) is 6.61 Å². The van der Waals surface area contributed by atoms with Gasteiger partial charge in [-0.3, -0.25) is 14.4 Å². The van der Waals surface area contributed by atoms with Gasteiger partial charge >= 0.3 is 5.97 Å². The fourth-order valence-corrected chi connectivity index (χ4v) is 4.11. The van der Waals surface area contributed by atoms with Crippen molar-refractivity contribution >= 4 is 17.5 Å². The van der Waals surface area contributed by atoms with E-state index in [1.165, 1.54) is 0 Å². The SMILES string of the molecule is CCOC(=O)[C@@]12CC(=O)[C@@H]3C[C@@H](CC[C@@H]31)C2=O. The van der Waals surface area contributed by atoms with Crippen LogP contribution in [0.1, 0.15) is 32.6 Å². The van der Waals surface area contributed by atoms with E-state index >= 15 is 0 Å². The number of carbonyl (C=O) groups excluding carboxylic acids is 3. The Morgan fingerprint density at radius 2 is 2.18 bits per heavy atom. The first-order valence-electron chi connectivity index (χ1n) is 6.35. The minimum Gasteiger partial charge on any atom is -0.465 e. The third-order valence-corrected chi connectivity index (χ3v) is 4.80. The Morgan fingerprint density at radius 3 is 2.88 bits per heavy atom. The number of ether oxygens (including phenoxy) is 1. The zero-order chi connectivity index (χ0) is 12.2. The molecule has 4 atom stereocenters. The summed E-state index contributed by atoms with van der Waals surface area (Å²) in [6.45, 7) is 2.00. The predicted octanol–water partition coefficient (Wildman–Crippen LogP) is 1.12. The second-order valence-electron chi connectivity index (χ2n) is 5.42. The summed E-state index contributed by atoms with van der Waals surface area (Å²) in [7, 11) is 0. The highest BCUT2D eigenvalue weighted by molar-refractivity contribution is 6.13. The summed E-state index contributed by atoms with van der Waals surface area (Å²) in [6.07, 6.45) is 2.43. The Labute approximate surface area is 99.7 Å². The van der Waals surface area contributed by atoms with Crippen molar-refractivity contribution in [3.8, 4) is 0 Å². The summed E-state index contributed by atoms with van der Waals surface area (Å²) in [4.78, 5) is 36.4. The van der Waals surface area contributed by atoms with E-state index in [1.54, 1.807) is 6.92 Å². The molecule has 0 aliphatic heterocycles. The largest absolute Gasteiger partial charge is 0.465 e. The molecule has 0 aromatic carbocycles. The highest BCUT2D eigenvalue weighted by Gasteiger charge is 2.69. The van der Waals surface area contributed by atoms with Crippen LogP contribution < -0.4 is 0 Å². The smallest absolute Gasteiger partial charge is 0.320 e. The topological polar surface area (TPSA) is 60.4 Å². The Kier molecular flexibility index (Phi) is 2.19. The molecule has 4 rings (SSSR count). The van der Waals surface area contributed by atoms with Crippen molar-refractivity contribution < 1.29 is 19.1 Å². The lowest BCUT2D eigenvalue weighted by Crippen LogP contribution is -2.54. The van der Waals surface area contributed by atoms with Gasteiger partial charge in [0.2, 0.25) is 0 Å². The van der Waals surface area contributed by atoms with Crippen molar-refractivity contribution in [2.45, 2.75) is 32.6 Å². The number of rotatable bonds is 2. The predicted molar refractivity (Wildman–Crippen MR) is 58.0 cm³/mol. The molecule has 4 fully saturated rings. The first kappa shape index (κ1) is 10.9. The lowest BCUT2D eigenvalue weighted by Gasteiger charge is -2.45. The lowest BCUT2D eigenvalue weighted by molar-refractivity contribution is -0.171. The van der Waals surface area contributed by atoms with E-state index in [1.807, 2.05) is 0 Å². The summed E-state index contributed by atoms with van der Waals surface area (Å²) < 4.78 is 5.06. The normalized spacial score (nSPS) is 43.0. The number of Topliss-reactive ketones (excluding diaryl/α,β-unsaturated/α-hetero) is 2. The van der Waals surface area contributed by atoms with Crippen LogP contribution in [0.15, 0.2) is 0 Å². The number of esters is 1. The highest BCUT2D eigenvalue weighted by atomic mass is 16.5. The van der Waals surface area contributed by atoms with Crippen molar-refractivity contribution in [3.63, 3.8) is 0 Å². The molecule has 0 heterocycles. The standard InChI is InChI=1S/C13H16O4/c1-2-17-12(16)13-6-10(14)8-5-7(11(13)15)3-4-9(8)13/h7-9H,2-6H2,1H3/t7-,8-,9+,13+/m1/s1. The van der Waals surface area contributed by atoms with Gasteiger partial charge in [-0.05, 0) is 32.1 Å². The molecule has 4 aliphatic rings. The van der Waals surface area contributed by atoms with Crippen molar-refractivity contribution in [1.29, 1.82) is 0 Å². The second-order valence-corrected chi connectivity index (χ2v) is 5.42. The van der Waals surface area contributed by atoms with E-state index in [0.717, 1.165) is 12.8 Å². The lowest BCUT2D eigenvalue weighted by atomic mass is 9.55. The highest BCUT2D eigenvalue weighted by Crippen LogP contribution is 2.60. The number of ketones is 2. The van der Waals surface area contributed by atoms with Crippen LogP contribution in [0, 0.1) is 23.2 Å². The molecule has 4 saturated carbocycles. The first-order chi connectivity index (χ1) is 8.11. The molecule has 0 aromatic rings. The van der Waals surface area contributed by atoms with Gasteiger partial charge in [0.25, 0.3) is 0 Å². The fraction of sp³-hybridized carbons (Fsp3) is 0.769. The number of hydrogen-bond acceptors (Lipinski definition) is 4. The maximum Gasteiger partial charge on any atom is 0.320 e. The van der Waals surface area contributed by atoms with Crippen LogP contribution in [-0.2, 0) is 19.1 Å². The van der Waals surface area contributed by atoms with Crippen LogP contribution in [-0.4, -0.2) is 24.1 Å². The number of hydrogen-bond donors (Lipinski definition) is 0. The molecule has 0 spiro atoms. The van der Waals surface area contributed by atoms with Gasteiger partial charge in [-0.2, -0.15) is 0 Å². The van der Waals surface area contributed by atoms with Gasteiger partial charge < -0.3 is 4.74 Å². The maximum atomic E-state index is 12.4. The summed E-state index contributed by atoms with van der Waals surface area (Å²) >= 11 is 0. The van der Waals surface area contributed by atoms with Crippen LogP contribution in [0.2, 0.25) is 0 Å². The average Bonchev–Trinajstić information content (AvgIpc) is 2.58. The summed E-state index contributed by atoms with van der Waals surface area (Å²) in [5, 5.41) is 0. The molecule has 4 bridgehead atoms. The Bertz CT molecular complexity index is 414. The van der Waals surface area contributed by atoms with E-state index < -0.39 is 11.4 Å². The molecule has 0 aromatic heterocycles. The monoisotopic (exact) mass is 236 g/mol. The summed E-state index contributed by atoms with van der Waals surface area (Å²) in [5.41, 5.74) is -1.10. The van der Waals surface area contributed by atoms with E-state index in [4.69, 9.17) is 4.74 Å². The molecule has 0 unspecified atom stereocenters. The van der Waals surface area contributed by atoms with Crippen molar-refractivity contribution in [2.24, 2.45) is 23.2 Å². The van der Waals surface area contributed by atoms with Crippen LogP contribution in [0.5, 0.6) is 0 Å². The minimum atomic E-state index is -1.10. The Balaban J connectivity index is 2.05. The first-order valence-corrected chi connectivity index (χ1v) is 6.35. The molecular formula is C13H16O4. The van der Waals surface area contributed by atoms with Crippen LogP contribution in [0.4, 0.5) is 0 Å². The zero-order valence-corrected chi connectivity index (χ0v) is 9.90. The van der Waals surface area contributed by atoms with Gasteiger partial charge in [0, 0.05) is 18.3 Å². The van der Waals surface area contributed by atoms with E-state index in [0.29, 0.717) is 6.42 Å². The van der Waals surface area contributed by atoms with Gasteiger partial charge in [0.15, 0.2) is 5.78 Å². The van der Waals surface area contributed by atoms with Gasteiger partial charge in [-0.25, -0.2) is 0 Å². The van der Waals surface area contributed by atoms with Crippen molar-refractivity contribution in [2.75, 3.05) is 6.61 Å². The molecule has 4 nitrogen and oxygen atoms in total. The van der Waals surface area contributed by atoms with E-state index in [2.05, 4.69) is 0 Å². The number of fused-ring (bicyclic) bond motifs is 1. The van der Waals surface area contributed by atoms with Crippen LogP contribution >= 0.6 is 0 Å². The molecule has 0 saturated heterocycles. The molecule has 4 aliphatic carbocycles. The molecule has 92 valence electrons. The van der Waals surface area contributed by atoms with Gasteiger partial charge in [-0.15, -0.1) is 0 Å². The van der Waals surface area contributed by atoms with Crippen molar-refractivity contribution in [3.05, 3.63) is 0 Å². The Hall–Kier alpha value is -1.19. The van der Waals surface area contributed by atoms with Crippen molar-refractivity contribution in [1.82, 2.24) is 0 Å². The summed E-state index contributed by atoms with van der Waals surface area (Å²) in [6, 6.07) is 0. The minimum absolute atomic E-state index is 0.0192. The molecule has 17 heavy (non-hydrogen) atoms. The quantitative estimate of drug-likeness (QED) is 0.532. The fourth-order valence-electron chi connectivity index (χ4n) is 4.11. The van der Waals surface area contributed by atoms with Crippen LogP contribution in [0.25, 0.3) is 0 Å². The molecule has 0 N–H and O–H groups in total. The van der Waals surface area contributed by atoms with Gasteiger partial charge in [0.1, 0.15) is 11.2 Å². The summed E-state index contributed by atoms with van der Waals surface area (Å²) in [5.74, 6) is -0.591. The zero-order valence-electron chi connectivity index (χ0n) is 9.90. The Morgan fingerprint density at radius 1 is 1.41 bits per heavy atom. The average molecular weight is 236 g/mol. The molecule has 4 heteroatoms. The van der Waals surface area contributed by atoms with E-state index in [9.17, 15) is 14.4 Å².